The summed E-state index contributed by atoms with van der Waals surface area (Å²) in [6.07, 6.45) is 3.85. The van der Waals surface area contributed by atoms with Crippen molar-refractivity contribution in [2.45, 2.75) is 13.3 Å². The standard InChI is InChI=1S/C15H19N5O4/c1-3-9(14(16)17-4-2)20-13(23)5-6-18-15(24)10-7-11(21)12(22)8-19-10/h3-4,7-8,22H,2,5-6H2,1H3,(H2,16,17)(H,18,24)(H,19,21)(H,20,23)/b9-3+. The van der Waals surface area contributed by atoms with E-state index in [4.69, 9.17) is 10.8 Å². The smallest absolute Gasteiger partial charge is 0.267 e. The second kappa shape index (κ2) is 8.93. The maximum absolute atomic E-state index is 11.8. The monoisotopic (exact) mass is 333 g/mol. The Hall–Kier alpha value is -3.36. The zero-order valence-electron chi connectivity index (χ0n) is 13.1. The maximum Gasteiger partial charge on any atom is 0.267 e. The number of H-pyrrole nitrogens is 1. The maximum atomic E-state index is 11.8. The minimum atomic E-state index is -0.675. The van der Waals surface area contributed by atoms with E-state index in [-0.39, 0.29) is 30.4 Å². The molecule has 9 nitrogen and oxygen atoms in total. The van der Waals surface area contributed by atoms with E-state index in [0.717, 1.165) is 12.3 Å². The topological polar surface area (TPSA) is 150 Å². The lowest BCUT2D eigenvalue weighted by Crippen LogP contribution is -2.34. The summed E-state index contributed by atoms with van der Waals surface area (Å²) < 4.78 is 0. The molecular formula is C15H19N5O4. The van der Waals surface area contributed by atoms with Crippen LogP contribution in [0.4, 0.5) is 0 Å². The number of amides is 2. The van der Waals surface area contributed by atoms with Gasteiger partial charge in [-0.15, -0.1) is 0 Å². The lowest BCUT2D eigenvalue weighted by molar-refractivity contribution is -0.120. The SMILES string of the molecule is C=CN=C(N)/C(=C\C)NC(=O)CCNC(=O)c1cc(=O)c(O)c[nH]1. The van der Waals surface area contributed by atoms with E-state index >= 15 is 0 Å². The molecule has 0 aliphatic carbocycles. The number of amidine groups is 1. The second-order valence-electron chi connectivity index (χ2n) is 4.55. The van der Waals surface area contributed by atoms with Crippen LogP contribution in [0.25, 0.3) is 0 Å². The van der Waals surface area contributed by atoms with Crippen molar-refractivity contribution in [3.05, 3.63) is 52.7 Å². The Morgan fingerprint density at radius 1 is 1.50 bits per heavy atom. The number of aromatic nitrogens is 1. The number of aromatic hydroxyl groups is 1. The van der Waals surface area contributed by atoms with Gasteiger partial charge in [0.15, 0.2) is 5.75 Å². The summed E-state index contributed by atoms with van der Waals surface area (Å²) in [5.41, 5.74) is 5.29. The highest BCUT2D eigenvalue weighted by atomic mass is 16.3. The molecule has 2 amide bonds. The number of hydrogen-bond acceptors (Lipinski definition) is 5. The molecule has 9 heteroatoms. The van der Waals surface area contributed by atoms with Gasteiger partial charge in [0.1, 0.15) is 11.5 Å². The van der Waals surface area contributed by atoms with Crippen molar-refractivity contribution in [2.75, 3.05) is 6.54 Å². The Balaban J connectivity index is 2.51. The fraction of sp³-hybridized carbons (Fsp3) is 0.200. The highest BCUT2D eigenvalue weighted by Crippen LogP contribution is 1.98. The molecule has 0 bridgehead atoms. The summed E-state index contributed by atoms with van der Waals surface area (Å²) in [4.78, 5) is 41.1. The summed E-state index contributed by atoms with van der Waals surface area (Å²) in [6.45, 7) is 5.14. The molecule has 1 heterocycles. The Morgan fingerprint density at radius 2 is 2.21 bits per heavy atom. The number of nitrogens with zero attached hydrogens (tertiary/aromatic N) is 1. The van der Waals surface area contributed by atoms with Gasteiger partial charge in [-0.1, -0.05) is 12.7 Å². The number of hydrogen-bond donors (Lipinski definition) is 5. The number of pyridine rings is 1. The Morgan fingerprint density at radius 3 is 2.79 bits per heavy atom. The van der Waals surface area contributed by atoms with Crippen LogP contribution in [0.5, 0.6) is 5.75 Å². The largest absolute Gasteiger partial charge is 0.503 e. The molecule has 1 aromatic rings. The number of nitrogens with one attached hydrogen (secondary N) is 3. The summed E-state index contributed by atoms with van der Waals surface area (Å²) in [7, 11) is 0. The summed E-state index contributed by atoms with van der Waals surface area (Å²) in [5.74, 6) is -1.31. The molecule has 0 fully saturated rings. The first-order valence-electron chi connectivity index (χ1n) is 6.99. The van der Waals surface area contributed by atoms with Crippen LogP contribution in [0.2, 0.25) is 0 Å². The summed E-state index contributed by atoms with van der Waals surface area (Å²) in [5, 5.41) is 14.1. The fourth-order valence-corrected chi connectivity index (χ4v) is 1.64. The molecule has 0 aromatic carbocycles. The average molecular weight is 333 g/mol. The van der Waals surface area contributed by atoms with Crippen molar-refractivity contribution in [1.82, 2.24) is 15.6 Å². The van der Waals surface area contributed by atoms with Crippen molar-refractivity contribution in [3.8, 4) is 5.75 Å². The molecular weight excluding hydrogens is 314 g/mol. The van der Waals surface area contributed by atoms with Gasteiger partial charge in [0.2, 0.25) is 11.3 Å². The molecule has 0 radical (unpaired) electrons. The molecule has 6 N–H and O–H groups in total. The van der Waals surface area contributed by atoms with Crippen LogP contribution < -0.4 is 21.8 Å². The van der Waals surface area contributed by atoms with Crippen molar-refractivity contribution in [3.63, 3.8) is 0 Å². The minimum Gasteiger partial charge on any atom is -0.503 e. The first kappa shape index (κ1) is 18.7. The molecule has 0 atom stereocenters. The molecule has 128 valence electrons. The van der Waals surface area contributed by atoms with Gasteiger partial charge in [0.05, 0.1) is 5.70 Å². The van der Waals surface area contributed by atoms with Gasteiger partial charge in [-0.2, -0.15) is 0 Å². The van der Waals surface area contributed by atoms with Crippen LogP contribution >= 0.6 is 0 Å². The van der Waals surface area contributed by atoms with Gasteiger partial charge in [0.25, 0.3) is 5.91 Å². The molecule has 0 saturated heterocycles. The lowest BCUT2D eigenvalue weighted by Gasteiger charge is -2.09. The molecule has 24 heavy (non-hydrogen) atoms. The van der Waals surface area contributed by atoms with E-state index in [9.17, 15) is 14.4 Å². The van der Waals surface area contributed by atoms with Crippen LogP contribution in [0.1, 0.15) is 23.8 Å². The van der Waals surface area contributed by atoms with Crippen molar-refractivity contribution in [2.24, 2.45) is 10.7 Å². The third-order valence-corrected chi connectivity index (χ3v) is 2.84. The van der Waals surface area contributed by atoms with Gasteiger partial charge in [-0.25, -0.2) is 4.99 Å². The van der Waals surface area contributed by atoms with Crippen molar-refractivity contribution in [1.29, 1.82) is 0 Å². The number of nitrogens with two attached hydrogens (primary N) is 1. The fourth-order valence-electron chi connectivity index (χ4n) is 1.64. The highest BCUT2D eigenvalue weighted by Gasteiger charge is 2.10. The number of allylic oxidation sites excluding steroid dienone is 1. The predicted octanol–water partition coefficient (Wildman–Crippen LogP) is -0.279. The quantitative estimate of drug-likeness (QED) is 0.343. The van der Waals surface area contributed by atoms with Crippen LogP contribution in [0.3, 0.4) is 0 Å². The van der Waals surface area contributed by atoms with E-state index < -0.39 is 17.1 Å². The highest BCUT2D eigenvalue weighted by molar-refractivity contribution is 6.00. The zero-order valence-corrected chi connectivity index (χ0v) is 13.1. The zero-order chi connectivity index (χ0) is 18.1. The minimum absolute atomic E-state index is 0.00718. The van der Waals surface area contributed by atoms with Gasteiger partial charge < -0.3 is 26.5 Å². The number of rotatable bonds is 7. The average Bonchev–Trinajstić information content (AvgIpc) is 2.55. The molecule has 0 aliphatic rings. The molecule has 0 saturated carbocycles. The van der Waals surface area contributed by atoms with E-state index in [1.165, 1.54) is 6.20 Å². The number of carbonyl (C=O) groups is 2. The van der Waals surface area contributed by atoms with Crippen molar-refractivity contribution >= 4 is 17.6 Å². The van der Waals surface area contributed by atoms with Gasteiger partial charge in [0, 0.05) is 31.4 Å². The Bertz CT molecular complexity index is 748. The van der Waals surface area contributed by atoms with Gasteiger partial charge >= 0.3 is 0 Å². The Labute approximate surface area is 138 Å². The lowest BCUT2D eigenvalue weighted by atomic mass is 10.3. The summed E-state index contributed by atoms with van der Waals surface area (Å²) >= 11 is 0. The molecule has 0 spiro atoms. The molecule has 0 unspecified atom stereocenters. The normalized spacial score (nSPS) is 11.7. The number of aliphatic imine (C=N–C) groups is 1. The second-order valence-corrected chi connectivity index (χ2v) is 4.55. The van der Waals surface area contributed by atoms with E-state index in [0.29, 0.717) is 5.70 Å². The van der Waals surface area contributed by atoms with Crippen LogP contribution in [0.15, 0.2) is 46.6 Å². The van der Waals surface area contributed by atoms with E-state index in [1.54, 1.807) is 13.0 Å². The molecule has 1 rings (SSSR count). The van der Waals surface area contributed by atoms with Crippen LogP contribution in [0, 0.1) is 0 Å². The first-order chi connectivity index (χ1) is 11.4. The van der Waals surface area contributed by atoms with Crippen molar-refractivity contribution < 1.29 is 14.7 Å². The van der Waals surface area contributed by atoms with E-state index in [2.05, 4.69) is 27.2 Å². The first-order valence-corrected chi connectivity index (χ1v) is 6.99. The molecule has 1 aromatic heterocycles. The summed E-state index contributed by atoms with van der Waals surface area (Å²) in [6, 6.07) is 0.967. The van der Waals surface area contributed by atoms with Gasteiger partial charge in [-0.3, -0.25) is 14.4 Å². The number of carbonyl (C=O) groups excluding carboxylic acids is 2. The van der Waals surface area contributed by atoms with Crippen LogP contribution in [-0.4, -0.2) is 34.3 Å². The van der Waals surface area contributed by atoms with E-state index in [1.807, 2.05) is 0 Å². The van der Waals surface area contributed by atoms with Crippen LogP contribution in [-0.2, 0) is 4.79 Å². The third kappa shape index (κ3) is 5.44. The third-order valence-electron chi connectivity index (χ3n) is 2.84. The predicted molar refractivity (Wildman–Crippen MR) is 89.4 cm³/mol. The molecule has 0 aliphatic heterocycles. The number of aromatic amines is 1. The Kier molecular flexibility index (Phi) is 6.96. The van der Waals surface area contributed by atoms with Gasteiger partial charge in [-0.05, 0) is 6.92 Å².